The molecule has 7 heteroatoms. The molecule has 3 N–H and O–H groups in total. The van der Waals surface area contributed by atoms with E-state index in [2.05, 4.69) is 22.1 Å². The molecule has 0 aliphatic heterocycles. The third-order valence-electron chi connectivity index (χ3n) is 4.42. The molecule has 6 nitrogen and oxygen atoms in total. The van der Waals surface area contributed by atoms with Crippen LogP contribution < -0.4 is 11.0 Å². The van der Waals surface area contributed by atoms with Gasteiger partial charge < -0.3 is 4.98 Å². The maximum atomic E-state index is 12.0. The van der Waals surface area contributed by atoms with Crippen LogP contribution in [0.4, 0.5) is 0 Å². The van der Waals surface area contributed by atoms with Gasteiger partial charge in [0.15, 0.2) is 5.16 Å². The van der Waals surface area contributed by atoms with E-state index in [1.165, 1.54) is 17.8 Å². The number of unbranched alkanes of at least 4 members (excludes halogenated alkanes) is 2. The van der Waals surface area contributed by atoms with Gasteiger partial charge in [0.1, 0.15) is 0 Å². The Morgan fingerprint density at radius 2 is 1.66 bits per heavy atom. The van der Waals surface area contributed by atoms with Crippen LogP contribution in [0.15, 0.2) is 70.6 Å². The van der Waals surface area contributed by atoms with Crippen molar-refractivity contribution in [3.05, 3.63) is 71.0 Å². The number of thioether (sulfide) groups is 1. The minimum atomic E-state index is -0.366. The Kier molecular flexibility index (Phi) is 7.61. The monoisotopic (exact) mass is 409 g/mol. The highest BCUT2D eigenvalue weighted by molar-refractivity contribution is 7.99. The van der Waals surface area contributed by atoms with Crippen LogP contribution in [0.25, 0.3) is 22.4 Å². The molecule has 3 rings (SSSR count). The number of rotatable bonds is 9. The van der Waals surface area contributed by atoms with Crippen molar-refractivity contribution in [3.63, 3.8) is 0 Å². The first-order valence-electron chi connectivity index (χ1n) is 9.48. The molecule has 29 heavy (non-hydrogen) atoms. The summed E-state index contributed by atoms with van der Waals surface area (Å²) in [5, 5.41) is 9.05. The third kappa shape index (κ3) is 6.30. The van der Waals surface area contributed by atoms with E-state index in [1.54, 1.807) is 5.48 Å². The number of aromatic nitrogens is 2. The van der Waals surface area contributed by atoms with E-state index in [4.69, 9.17) is 5.21 Å². The topological polar surface area (TPSA) is 95.1 Å². The van der Waals surface area contributed by atoms with Crippen molar-refractivity contribution in [1.29, 1.82) is 0 Å². The Hall–Kier alpha value is -2.90. The lowest BCUT2D eigenvalue weighted by molar-refractivity contribution is -0.129. The van der Waals surface area contributed by atoms with E-state index >= 15 is 0 Å². The quantitative estimate of drug-likeness (QED) is 0.161. The summed E-state index contributed by atoms with van der Waals surface area (Å²) in [5.41, 5.74) is 5.26. The summed E-state index contributed by atoms with van der Waals surface area (Å²) >= 11 is 1.49. The molecule has 0 aliphatic carbocycles. The molecule has 0 saturated carbocycles. The molecule has 0 fully saturated rings. The molecule has 3 aromatic rings. The molecule has 0 bridgehead atoms. The highest BCUT2D eigenvalue weighted by Gasteiger charge is 2.06. The average molecular weight is 410 g/mol. The van der Waals surface area contributed by atoms with Crippen LogP contribution in [-0.4, -0.2) is 26.8 Å². The standard InChI is InChI=1S/C22H23N3O3S/c26-20(25-28)9-5-2-6-14-29-22-23-19(15-21(27)24-22)18-12-10-17(11-13-18)16-7-3-1-4-8-16/h1,3-4,7-8,10-13,15,28H,2,5-6,9,14H2,(H,25,26)(H,23,24,27). The smallest absolute Gasteiger partial charge is 0.252 e. The summed E-state index contributed by atoms with van der Waals surface area (Å²) in [6.07, 6.45) is 2.78. The van der Waals surface area contributed by atoms with Crippen LogP contribution in [0.2, 0.25) is 0 Å². The van der Waals surface area contributed by atoms with Crippen molar-refractivity contribution in [1.82, 2.24) is 15.4 Å². The molecule has 1 amide bonds. The molecular weight excluding hydrogens is 386 g/mol. The second-order valence-corrected chi connectivity index (χ2v) is 7.66. The van der Waals surface area contributed by atoms with Crippen molar-refractivity contribution in [2.75, 3.05) is 5.75 Å². The lowest BCUT2D eigenvalue weighted by Gasteiger charge is -2.06. The van der Waals surface area contributed by atoms with Gasteiger partial charge in [0.2, 0.25) is 5.91 Å². The van der Waals surface area contributed by atoms with Crippen molar-refractivity contribution >= 4 is 17.7 Å². The van der Waals surface area contributed by atoms with E-state index < -0.39 is 0 Å². The first-order valence-corrected chi connectivity index (χ1v) is 10.5. The zero-order chi connectivity index (χ0) is 20.5. The Balaban J connectivity index is 1.60. The third-order valence-corrected chi connectivity index (χ3v) is 5.38. The number of nitrogens with one attached hydrogen (secondary N) is 2. The van der Waals surface area contributed by atoms with Gasteiger partial charge in [-0.3, -0.25) is 14.8 Å². The lowest BCUT2D eigenvalue weighted by Crippen LogP contribution is -2.17. The average Bonchev–Trinajstić information content (AvgIpc) is 2.76. The number of hydrogen-bond acceptors (Lipinski definition) is 5. The van der Waals surface area contributed by atoms with Gasteiger partial charge in [0.25, 0.3) is 5.56 Å². The van der Waals surface area contributed by atoms with Crippen molar-refractivity contribution < 1.29 is 10.0 Å². The van der Waals surface area contributed by atoms with Crippen molar-refractivity contribution in [2.24, 2.45) is 0 Å². The number of H-pyrrole nitrogens is 1. The largest absolute Gasteiger partial charge is 0.301 e. The number of carbonyl (C=O) groups is 1. The molecule has 150 valence electrons. The van der Waals surface area contributed by atoms with Gasteiger partial charge in [-0.2, -0.15) is 0 Å². The first-order chi connectivity index (χ1) is 14.2. The van der Waals surface area contributed by atoms with Gasteiger partial charge in [0.05, 0.1) is 5.69 Å². The fourth-order valence-electron chi connectivity index (χ4n) is 2.90. The SMILES string of the molecule is O=C(CCCCCSc1nc(-c2ccc(-c3ccccc3)cc2)cc(=O)[nH]1)NO. The summed E-state index contributed by atoms with van der Waals surface area (Å²) in [7, 11) is 0. The highest BCUT2D eigenvalue weighted by atomic mass is 32.2. The molecule has 0 unspecified atom stereocenters. The first kappa shape index (κ1) is 20.8. The Morgan fingerprint density at radius 3 is 2.38 bits per heavy atom. The van der Waals surface area contributed by atoms with Crippen molar-refractivity contribution in [2.45, 2.75) is 30.8 Å². The molecule has 0 radical (unpaired) electrons. The van der Waals surface area contributed by atoms with Gasteiger partial charge in [-0.05, 0) is 24.0 Å². The predicted molar refractivity (Wildman–Crippen MR) is 115 cm³/mol. The molecule has 0 spiro atoms. The van der Waals surface area contributed by atoms with Crippen LogP contribution in [-0.2, 0) is 4.79 Å². The van der Waals surface area contributed by atoms with Crippen LogP contribution in [0, 0.1) is 0 Å². The lowest BCUT2D eigenvalue weighted by atomic mass is 10.0. The van der Waals surface area contributed by atoms with Crippen LogP contribution in [0.1, 0.15) is 25.7 Å². The highest BCUT2D eigenvalue weighted by Crippen LogP contribution is 2.24. The molecule has 0 saturated heterocycles. The van der Waals surface area contributed by atoms with Crippen LogP contribution in [0.5, 0.6) is 0 Å². The van der Waals surface area contributed by atoms with E-state index in [9.17, 15) is 9.59 Å². The number of amides is 1. The minimum Gasteiger partial charge on any atom is -0.301 e. The molecule has 2 aromatic carbocycles. The summed E-state index contributed by atoms with van der Waals surface area (Å²) in [4.78, 5) is 30.3. The fourth-order valence-corrected chi connectivity index (χ4v) is 3.78. The number of benzene rings is 2. The van der Waals surface area contributed by atoms with Gasteiger partial charge >= 0.3 is 0 Å². The number of nitrogens with zero attached hydrogens (tertiary/aromatic N) is 1. The maximum absolute atomic E-state index is 12.0. The molecule has 0 aliphatic rings. The van der Waals surface area contributed by atoms with Crippen molar-refractivity contribution in [3.8, 4) is 22.4 Å². The fraction of sp³-hybridized carbons (Fsp3) is 0.227. The number of hydrogen-bond donors (Lipinski definition) is 3. The summed E-state index contributed by atoms with van der Waals surface area (Å²) in [5.74, 6) is 0.426. The van der Waals surface area contributed by atoms with E-state index in [1.807, 2.05) is 42.5 Å². The number of carbonyl (C=O) groups excluding carboxylic acids is 1. The predicted octanol–water partition coefficient (Wildman–Crippen LogP) is 4.26. The second-order valence-electron chi connectivity index (χ2n) is 6.57. The minimum absolute atomic E-state index is 0.177. The van der Waals surface area contributed by atoms with Gasteiger partial charge in [-0.25, -0.2) is 10.5 Å². The Morgan fingerprint density at radius 1 is 0.966 bits per heavy atom. The Labute approximate surface area is 173 Å². The zero-order valence-corrected chi connectivity index (χ0v) is 16.7. The molecule has 1 aromatic heterocycles. The second kappa shape index (κ2) is 10.6. The molecule has 1 heterocycles. The number of hydroxylamine groups is 1. The van der Waals surface area contributed by atoms with Gasteiger partial charge in [0, 0.05) is 23.8 Å². The van der Waals surface area contributed by atoms with E-state index in [-0.39, 0.29) is 11.5 Å². The van der Waals surface area contributed by atoms with Crippen LogP contribution in [0.3, 0.4) is 0 Å². The van der Waals surface area contributed by atoms with Gasteiger partial charge in [-0.1, -0.05) is 72.8 Å². The van der Waals surface area contributed by atoms with E-state index in [0.717, 1.165) is 35.3 Å². The molecule has 0 atom stereocenters. The van der Waals surface area contributed by atoms with E-state index in [0.29, 0.717) is 23.7 Å². The summed E-state index contributed by atoms with van der Waals surface area (Å²) < 4.78 is 0. The zero-order valence-electron chi connectivity index (χ0n) is 15.9. The van der Waals surface area contributed by atoms with Crippen LogP contribution >= 0.6 is 11.8 Å². The molecular formula is C22H23N3O3S. The Bertz CT molecular complexity index is 988. The summed E-state index contributed by atoms with van der Waals surface area (Å²) in [6.45, 7) is 0. The number of aromatic amines is 1. The summed E-state index contributed by atoms with van der Waals surface area (Å²) in [6, 6.07) is 19.6. The maximum Gasteiger partial charge on any atom is 0.252 e. The normalized spacial score (nSPS) is 10.7. The van der Waals surface area contributed by atoms with Gasteiger partial charge in [-0.15, -0.1) is 0 Å².